The van der Waals surface area contributed by atoms with Gasteiger partial charge in [0.2, 0.25) is 10.0 Å². The Kier molecular flexibility index (Phi) is 4.66. The quantitative estimate of drug-likeness (QED) is 0.824. The third-order valence-electron chi connectivity index (χ3n) is 3.29. The maximum Gasteiger partial charge on any atom is 0.325 e. The fourth-order valence-corrected chi connectivity index (χ4v) is 3.72. The van der Waals surface area contributed by atoms with Crippen molar-refractivity contribution in [3.8, 4) is 0 Å². The molecule has 1 aliphatic rings. The number of hydrogen-bond acceptors (Lipinski definition) is 4. The molecule has 2 rings (SSSR count). The van der Waals surface area contributed by atoms with Crippen molar-refractivity contribution in [3.63, 3.8) is 0 Å². The normalized spacial score (nSPS) is 18.4. The Morgan fingerprint density at radius 1 is 1.38 bits per heavy atom. The second-order valence-electron chi connectivity index (χ2n) is 4.68. The van der Waals surface area contributed by atoms with Crippen molar-refractivity contribution < 1.29 is 27.4 Å². The molecule has 0 saturated carbocycles. The summed E-state index contributed by atoms with van der Waals surface area (Å²) in [6, 6.07) is 3.28. The zero-order chi connectivity index (χ0) is 15.7. The Morgan fingerprint density at radius 2 is 2.00 bits per heavy atom. The molecule has 1 aliphatic heterocycles. The molecular formula is C12H13BrFNO5S. The van der Waals surface area contributed by atoms with Crippen LogP contribution in [0.1, 0.15) is 12.8 Å². The van der Waals surface area contributed by atoms with Crippen molar-refractivity contribution in [2.75, 3.05) is 13.2 Å². The number of ether oxygens (including phenoxy) is 1. The molecule has 0 bridgehead atoms. The molecule has 0 amide bonds. The Balaban J connectivity index is 2.34. The van der Waals surface area contributed by atoms with E-state index < -0.39 is 27.3 Å². The summed E-state index contributed by atoms with van der Waals surface area (Å²) in [5.74, 6) is -2.01. The summed E-state index contributed by atoms with van der Waals surface area (Å²) in [7, 11) is -4.15. The topological polar surface area (TPSA) is 92.7 Å². The fraction of sp³-hybridized carbons (Fsp3) is 0.417. The van der Waals surface area contributed by atoms with Gasteiger partial charge in [0.25, 0.3) is 0 Å². The molecule has 1 aromatic carbocycles. The van der Waals surface area contributed by atoms with E-state index in [0.717, 1.165) is 6.07 Å². The summed E-state index contributed by atoms with van der Waals surface area (Å²) >= 11 is 2.93. The van der Waals surface area contributed by atoms with Gasteiger partial charge < -0.3 is 9.84 Å². The third kappa shape index (κ3) is 3.42. The van der Waals surface area contributed by atoms with Gasteiger partial charge >= 0.3 is 5.97 Å². The minimum atomic E-state index is -4.15. The highest BCUT2D eigenvalue weighted by molar-refractivity contribution is 9.10. The monoisotopic (exact) mass is 381 g/mol. The van der Waals surface area contributed by atoms with Crippen molar-refractivity contribution >= 4 is 31.9 Å². The van der Waals surface area contributed by atoms with E-state index in [0.29, 0.717) is 0 Å². The minimum absolute atomic E-state index is 0.0145. The van der Waals surface area contributed by atoms with Crippen LogP contribution in [-0.2, 0) is 19.6 Å². The van der Waals surface area contributed by atoms with Gasteiger partial charge in [-0.3, -0.25) is 4.79 Å². The smallest absolute Gasteiger partial charge is 0.325 e. The standard InChI is InChI=1S/C12H13BrFNO5S/c13-9-2-1-8(7-10(9)14)21(18,19)15-12(11(16)17)3-5-20-6-4-12/h1-2,7,15H,3-6H2,(H,16,17). The number of aliphatic carboxylic acids is 1. The Morgan fingerprint density at radius 3 is 2.52 bits per heavy atom. The summed E-state index contributed by atoms with van der Waals surface area (Å²) < 4.78 is 45.4. The molecule has 9 heteroatoms. The maximum absolute atomic E-state index is 13.5. The van der Waals surface area contributed by atoms with Crippen molar-refractivity contribution in [2.45, 2.75) is 23.3 Å². The van der Waals surface area contributed by atoms with Gasteiger partial charge in [-0.15, -0.1) is 0 Å². The molecule has 0 unspecified atom stereocenters. The predicted molar refractivity (Wildman–Crippen MR) is 74.8 cm³/mol. The molecule has 1 heterocycles. The van der Waals surface area contributed by atoms with Crippen molar-refractivity contribution in [1.29, 1.82) is 0 Å². The van der Waals surface area contributed by atoms with Gasteiger partial charge in [0, 0.05) is 26.1 Å². The van der Waals surface area contributed by atoms with Crippen LogP contribution in [0.5, 0.6) is 0 Å². The number of carbonyl (C=O) groups is 1. The number of benzene rings is 1. The zero-order valence-electron chi connectivity index (χ0n) is 10.8. The number of carboxylic acid groups (broad SMARTS) is 1. The van der Waals surface area contributed by atoms with Crippen LogP contribution in [0.3, 0.4) is 0 Å². The second-order valence-corrected chi connectivity index (χ2v) is 7.22. The third-order valence-corrected chi connectivity index (χ3v) is 5.46. The van der Waals surface area contributed by atoms with E-state index >= 15 is 0 Å². The summed E-state index contributed by atoms with van der Waals surface area (Å²) in [5, 5.41) is 9.33. The Bertz CT molecular complexity index is 658. The highest BCUT2D eigenvalue weighted by Gasteiger charge is 2.43. The van der Waals surface area contributed by atoms with Crippen molar-refractivity contribution in [3.05, 3.63) is 28.5 Å². The number of sulfonamides is 1. The second kappa shape index (κ2) is 5.99. The lowest BCUT2D eigenvalue weighted by molar-refractivity contribution is -0.147. The largest absolute Gasteiger partial charge is 0.480 e. The van der Waals surface area contributed by atoms with E-state index in [9.17, 15) is 22.7 Å². The van der Waals surface area contributed by atoms with Crippen LogP contribution in [0.4, 0.5) is 4.39 Å². The molecule has 21 heavy (non-hydrogen) atoms. The lowest BCUT2D eigenvalue weighted by Crippen LogP contribution is -2.57. The molecular weight excluding hydrogens is 369 g/mol. The molecule has 0 radical (unpaired) electrons. The van der Waals surface area contributed by atoms with E-state index in [2.05, 4.69) is 20.7 Å². The molecule has 6 nitrogen and oxygen atoms in total. The van der Waals surface area contributed by atoms with E-state index in [1.165, 1.54) is 12.1 Å². The number of carboxylic acids is 1. The first-order chi connectivity index (χ1) is 9.77. The van der Waals surface area contributed by atoms with Gasteiger partial charge in [0.05, 0.1) is 9.37 Å². The van der Waals surface area contributed by atoms with Crippen LogP contribution in [0.2, 0.25) is 0 Å². The first-order valence-electron chi connectivity index (χ1n) is 6.07. The Hall–Kier alpha value is -1.03. The lowest BCUT2D eigenvalue weighted by Gasteiger charge is -2.33. The van der Waals surface area contributed by atoms with E-state index in [-0.39, 0.29) is 35.4 Å². The van der Waals surface area contributed by atoms with Crippen LogP contribution in [0.25, 0.3) is 0 Å². The average molecular weight is 382 g/mol. The molecule has 1 aromatic rings. The van der Waals surface area contributed by atoms with E-state index in [1.807, 2.05) is 0 Å². The van der Waals surface area contributed by atoms with Crippen molar-refractivity contribution in [2.24, 2.45) is 0 Å². The van der Waals surface area contributed by atoms with Gasteiger partial charge in [-0.25, -0.2) is 12.8 Å². The van der Waals surface area contributed by atoms with E-state index in [4.69, 9.17) is 4.74 Å². The predicted octanol–water partition coefficient (Wildman–Crippen LogP) is 1.50. The molecule has 116 valence electrons. The molecule has 1 saturated heterocycles. The average Bonchev–Trinajstić information content (AvgIpc) is 2.42. The number of nitrogens with one attached hydrogen (secondary N) is 1. The van der Waals surface area contributed by atoms with Crippen LogP contribution >= 0.6 is 15.9 Å². The van der Waals surface area contributed by atoms with Crippen LogP contribution in [-0.4, -0.2) is 38.2 Å². The summed E-state index contributed by atoms with van der Waals surface area (Å²) in [4.78, 5) is 11.1. The number of halogens is 2. The van der Waals surface area contributed by atoms with Crippen LogP contribution in [0, 0.1) is 5.82 Å². The van der Waals surface area contributed by atoms with Gasteiger partial charge in [0.15, 0.2) is 0 Å². The SMILES string of the molecule is O=C(O)C1(NS(=O)(=O)c2ccc(Br)c(F)c2)CCOCC1. The Labute approximate surface area is 129 Å². The van der Waals surface area contributed by atoms with Gasteiger partial charge in [-0.1, -0.05) is 0 Å². The summed E-state index contributed by atoms with van der Waals surface area (Å²) in [5.41, 5.74) is -1.62. The zero-order valence-corrected chi connectivity index (χ0v) is 13.2. The maximum atomic E-state index is 13.5. The van der Waals surface area contributed by atoms with Crippen molar-refractivity contribution in [1.82, 2.24) is 4.72 Å². The molecule has 0 spiro atoms. The molecule has 0 atom stereocenters. The van der Waals surface area contributed by atoms with Gasteiger partial charge in [0.1, 0.15) is 11.4 Å². The van der Waals surface area contributed by atoms with Crippen LogP contribution in [0.15, 0.2) is 27.6 Å². The van der Waals surface area contributed by atoms with E-state index in [1.54, 1.807) is 0 Å². The first-order valence-corrected chi connectivity index (χ1v) is 8.35. The highest BCUT2D eigenvalue weighted by Crippen LogP contribution is 2.25. The number of hydrogen-bond donors (Lipinski definition) is 2. The first kappa shape index (κ1) is 16.3. The minimum Gasteiger partial charge on any atom is -0.480 e. The summed E-state index contributed by atoms with van der Waals surface area (Å²) in [6.45, 7) is 0.285. The molecule has 0 aliphatic carbocycles. The summed E-state index contributed by atoms with van der Waals surface area (Å²) in [6.07, 6.45) is 0.0289. The lowest BCUT2D eigenvalue weighted by atomic mass is 9.92. The molecule has 2 N–H and O–H groups in total. The van der Waals surface area contributed by atoms with Gasteiger partial charge in [-0.2, -0.15) is 4.72 Å². The fourth-order valence-electron chi connectivity index (χ4n) is 2.04. The van der Waals surface area contributed by atoms with Crippen LogP contribution < -0.4 is 4.72 Å². The molecule has 0 aromatic heterocycles. The molecule has 1 fully saturated rings. The van der Waals surface area contributed by atoms with Gasteiger partial charge in [-0.05, 0) is 34.1 Å². The number of rotatable bonds is 4. The highest BCUT2D eigenvalue weighted by atomic mass is 79.9.